The van der Waals surface area contributed by atoms with E-state index in [4.69, 9.17) is 5.41 Å². The molecule has 0 saturated carbocycles. The molecule has 2 N–H and O–H groups in total. The molecule has 1 aliphatic heterocycles. The summed E-state index contributed by atoms with van der Waals surface area (Å²) in [4.78, 5) is 4.42. The van der Waals surface area contributed by atoms with Gasteiger partial charge in [0.15, 0.2) is 0 Å². The van der Waals surface area contributed by atoms with Gasteiger partial charge in [-0.3, -0.25) is 9.98 Å². The Hall–Kier alpha value is -2.17. The Kier molecular flexibility index (Phi) is 2.18. The highest BCUT2D eigenvalue weighted by molar-refractivity contribution is 5.60. The average molecular weight is 230 g/mol. The van der Waals surface area contributed by atoms with E-state index in [2.05, 4.69) is 10.3 Å². The van der Waals surface area contributed by atoms with Gasteiger partial charge in [-0.15, -0.1) is 0 Å². The van der Waals surface area contributed by atoms with Crippen molar-refractivity contribution in [1.29, 1.82) is 5.41 Å². The van der Waals surface area contributed by atoms with Crippen LogP contribution < -0.4 is 10.8 Å². The topological polar surface area (TPSA) is 53.7 Å². The summed E-state index contributed by atoms with van der Waals surface area (Å²) in [5.41, 5.74) is 1.92. The smallest absolute Gasteiger partial charge is 0.205 e. The molecular weight excluding hydrogens is 219 g/mol. The Morgan fingerprint density at radius 3 is 2.82 bits per heavy atom. The molecule has 0 radical (unpaired) electrons. The molecule has 2 aromatic rings. The van der Waals surface area contributed by atoms with E-state index in [9.17, 15) is 4.39 Å². The molecule has 0 amide bonds. The summed E-state index contributed by atoms with van der Waals surface area (Å²) in [6.07, 6.45) is 0. The van der Waals surface area contributed by atoms with Gasteiger partial charge in [0.05, 0.1) is 5.69 Å². The Morgan fingerprint density at radius 2 is 2.06 bits per heavy atom. The van der Waals surface area contributed by atoms with E-state index in [0.29, 0.717) is 17.1 Å². The normalized spacial score (nSPS) is 13.2. The SMILES string of the molecule is N=c1cc(-c2ccc(F)cc2)nc2n1CCN2. The van der Waals surface area contributed by atoms with Gasteiger partial charge in [0.2, 0.25) is 5.95 Å². The van der Waals surface area contributed by atoms with Crippen molar-refractivity contribution < 1.29 is 4.39 Å². The number of nitrogens with zero attached hydrogens (tertiary/aromatic N) is 2. The molecule has 0 atom stereocenters. The number of aromatic nitrogens is 2. The zero-order chi connectivity index (χ0) is 11.8. The first-order chi connectivity index (χ1) is 8.24. The molecule has 5 heteroatoms. The molecule has 1 aromatic carbocycles. The van der Waals surface area contributed by atoms with E-state index in [1.807, 2.05) is 4.57 Å². The molecule has 0 fully saturated rings. The van der Waals surface area contributed by atoms with Crippen LogP contribution in [0.5, 0.6) is 0 Å². The van der Waals surface area contributed by atoms with Gasteiger partial charge in [0.1, 0.15) is 11.3 Å². The second kappa shape index (κ2) is 3.69. The highest BCUT2D eigenvalue weighted by atomic mass is 19.1. The van der Waals surface area contributed by atoms with Gasteiger partial charge < -0.3 is 5.32 Å². The maximum atomic E-state index is 12.8. The van der Waals surface area contributed by atoms with E-state index in [1.165, 1.54) is 12.1 Å². The third-order valence-electron chi connectivity index (χ3n) is 2.80. The van der Waals surface area contributed by atoms with E-state index in [0.717, 1.165) is 18.7 Å². The van der Waals surface area contributed by atoms with Crippen LogP contribution in [0.15, 0.2) is 30.3 Å². The van der Waals surface area contributed by atoms with E-state index in [-0.39, 0.29) is 5.82 Å². The predicted molar refractivity (Wildman–Crippen MR) is 62.0 cm³/mol. The Labute approximate surface area is 97.3 Å². The molecule has 3 rings (SSSR count). The molecule has 4 nitrogen and oxygen atoms in total. The van der Waals surface area contributed by atoms with Crippen LogP contribution in [0.25, 0.3) is 11.3 Å². The van der Waals surface area contributed by atoms with Gasteiger partial charge in [0, 0.05) is 24.7 Å². The summed E-state index contributed by atoms with van der Waals surface area (Å²) in [5.74, 6) is 0.435. The summed E-state index contributed by atoms with van der Waals surface area (Å²) in [6, 6.07) is 7.83. The molecule has 2 heterocycles. The first-order valence-electron chi connectivity index (χ1n) is 5.40. The predicted octanol–water partition coefficient (Wildman–Crippen LogP) is 1.59. The van der Waals surface area contributed by atoms with Crippen LogP contribution in [-0.4, -0.2) is 16.1 Å². The lowest BCUT2D eigenvalue weighted by Gasteiger charge is -2.06. The monoisotopic (exact) mass is 230 g/mol. The zero-order valence-corrected chi connectivity index (χ0v) is 9.07. The van der Waals surface area contributed by atoms with Crippen LogP contribution in [0.3, 0.4) is 0 Å². The fraction of sp³-hybridized carbons (Fsp3) is 0.167. The van der Waals surface area contributed by atoms with Crippen molar-refractivity contribution in [3.8, 4) is 11.3 Å². The molecular formula is C12H11FN4. The first-order valence-corrected chi connectivity index (χ1v) is 5.40. The van der Waals surface area contributed by atoms with Gasteiger partial charge >= 0.3 is 0 Å². The number of nitrogens with one attached hydrogen (secondary N) is 2. The minimum absolute atomic E-state index is 0.270. The summed E-state index contributed by atoms with van der Waals surface area (Å²) >= 11 is 0. The first kappa shape index (κ1) is 10.0. The van der Waals surface area contributed by atoms with Gasteiger partial charge in [-0.1, -0.05) is 0 Å². The van der Waals surface area contributed by atoms with E-state index in [1.54, 1.807) is 18.2 Å². The number of rotatable bonds is 1. The lowest BCUT2D eigenvalue weighted by Crippen LogP contribution is -2.18. The number of fused-ring (bicyclic) bond motifs is 1. The van der Waals surface area contributed by atoms with Crippen molar-refractivity contribution in [2.45, 2.75) is 6.54 Å². The third kappa shape index (κ3) is 1.69. The average Bonchev–Trinajstić information content (AvgIpc) is 2.78. The summed E-state index contributed by atoms with van der Waals surface area (Å²) in [5, 5.41) is 11.0. The molecule has 0 bridgehead atoms. The fourth-order valence-electron chi connectivity index (χ4n) is 1.94. The summed E-state index contributed by atoms with van der Waals surface area (Å²) < 4.78 is 14.6. The quantitative estimate of drug-likeness (QED) is 0.781. The number of hydrogen-bond donors (Lipinski definition) is 2. The highest BCUT2D eigenvalue weighted by Gasteiger charge is 2.12. The number of benzene rings is 1. The van der Waals surface area contributed by atoms with Gasteiger partial charge in [-0.05, 0) is 24.3 Å². The van der Waals surface area contributed by atoms with Gasteiger partial charge in [0.25, 0.3) is 0 Å². The molecule has 1 aromatic heterocycles. The van der Waals surface area contributed by atoms with Crippen LogP contribution >= 0.6 is 0 Å². The minimum Gasteiger partial charge on any atom is -0.354 e. The fourth-order valence-corrected chi connectivity index (χ4v) is 1.94. The van der Waals surface area contributed by atoms with Crippen LogP contribution in [0.2, 0.25) is 0 Å². The van der Waals surface area contributed by atoms with Crippen molar-refractivity contribution in [2.24, 2.45) is 0 Å². The molecule has 0 spiro atoms. The van der Waals surface area contributed by atoms with Crippen LogP contribution in [0.4, 0.5) is 10.3 Å². The van der Waals surface area contributed by atoms with Crippen LogP contribution in [-0.2, 0) is 6.54 Å². The Morgan fingerprint density at radius 1 is 1.29 bits per heavy atom. The standard InChI is InChI=1S/C12H11FN4/c13-9-3-1-8(2-4-9)10-7-11(14)17-6-5-15-12(17)16-10/h1-4,7,14H,5-6H2,(H,15,16). The molecule has 86 valence electrons. The third-order valence-corrected chi connectivity index (χ3v) is 2.80. The van der Waals surface area contributed by atoms with Crippen molar-refractivity contribution in [3.05, 3.63) is 41.6 Å². The molecule has 0 aliphatic carbocycles. The number of hydrogen-bond acceptors (Lipinski definition) is 3. The van der Waals surface area contributed by atoms with Gasteiger partial charge in [-0.2, -0.15) is 0 Å². The zero-order valence-electron chi connectivity index (χ0n) is 9.07. The van der Waals surface area contributed by atoms with Crippen molar-refractivity contribution >= 4 is 5.95 Å². The van der Waals surface area contributed by atoms with Crippen LogP contribution in [0, 0.1) is 11.2 Å². The molecule has 1 aliphatic rings. The van der Waals surface area contributed by atoms with Crippen LogP contribution in [0.1, 0.15) is 0 Å². The number of halogens is 1. The second-order valence-electron chi connectivity index (χ2n) is 3.94. The van der Waals surface area contributed by atoms with Crippen molar-refractivity contribution in [3.63, 3.8) is 0 Å². The summed E-state index contributed by atoms with van der Waals surface area (Å²) in [6.45, 7) is 1.57. The minimum atomic E-state index is -0.270. The Balaban J connectivity index is 2.13. The molecule has 0 saturated heterocycles. The van der Waals surface area contributed by atoms with Crippen molar-refractivity contribution in [1.82, 2.24) is 9.55 Å². The van der Waals surface area contributed by atoms with Crippen molar-refractivity contribution in [2.75, 3.05) is 11.9 Å². The maximum Gasteiger partial charge on any atom is 0.205 e. The van der Waals surface area contributed by atoms with E-state index < -0.39 is 0 Å². The maximum absolute atomic E-state index is 12.8. The highest BCUT2D eigenvalue weighted by Crippen LogP contribution is 2.18. The second-order valence-corrected chi connectivity index (χ2v) is 3.94. The number of anilines is 1. The summed E-state index contributed by atoms with van der Waals surface area (Å²) in [7, 11) is 0. The molecule has 17 heavy (non-hydrogen) atoms. The largest absolute Gasteiger partial charge is 0.354 e. The van der Waals surface area contributed by atoms with E-state index >= 15 is 0 Å². The molecule has 0 unspecified atom stereocenters. The lowest BCUT2D eigenvalue weighted by molar-refractivity contribution is 0.628. The lowest BCUT2D eigenvalue weighted by atomic mass is 10.1. The Bertz CT molecular complexity index is 615. The van der Waals surface area contributed by atoms with Gasteiger partial charge in [-0.25, -0.2) is 9.37 Å².